The Kier molecular flexibility index (Phi) is 7.88. The lowest BCUT2D eigenvalue weighted by atomic mass is 10.1. The summed E-state index contributed by atoms with van der Waals surface area (Å²) >= 11 is 6.05. The molecule has 0 amide bonds. The zero-order chi connectivity index (χ0) is 21.5. The number of benzene rings is 2. The van der Waals surface area contributed by atoms with Crippen LogP contribution in [0.4, 0.5) is 5.82 Å². The van der Waals surface area contributed by atoms with Gasteiger partial charge in [-0.1, -0.05) is 25.4 Å². The third-order valence-electron chi connectivity index (χ3n) is 5.40. The number of rotatable bonds is 10. The van der Waals surface area contributed by atoms with Crippen LogP contribution in [0.5, 0.6) is 5.75 Å². The average Bonchev–Trinajstić information content (AvgIpc) is 2.76. The van der Waals surface area contributed by atoms with Gasteiger partial charge < -0.3 is 15.0 Å². The minimum atomic E-state index is 0.304. The number of nitrogens with one attached hydrogen (secondary N) is 1. The molecule has 1 heterocycles. The summed E-state index contributed by atoms with van der Waals surface area (Å²) in [5.74, 6) is 2.30. The van der Waals surface area contributed by atoms with E-state index >= 15 is 0 Å². The number of anilines is 1. The summed E-state index contributed by atoms with van der Waals surface area (Å²) in [4.78, 5) is 12.1. The number of aromatic nitrogens is 2. The topological polar surface area (TPSA) is 50.3 Å². The van der Waals surface area contributed by atoms with Gasteiger partial charge in [0.2, 0.25) is 0 Å². The number of nitrogens with zero attached hydrogens (tertiary/aromatic N) is 3. The molecule has 0 fully saturated rings. The molecule has 1 N–H and O–H groups in total. The first-order valence-corrected chi connectivity index (χ1v) is 11.0. The van der Waals surface area contributed by atoms with Gasteiger partial charge in [-0.3, -0.25) is 0 Å². The highest BCUT2D eigenvalue weighted by molar-refractivity contribution is 6.30. The van der Waals surface area contributed by atoms with E-state index in [2.05, 4.69) is 31.0 Å². The van der Waals surface area contributed by atoms with Gasteiger partial charge in [0.25, 0.3) is 0 Å². The quantitative estimate of drug-likeness (QED) is 0.438. The van der Waals surface area contributed by atoms with E-state index in [0.717, 1.165) is 60.5 Å². The summed E-state index contributed by atoms with van der Waals surface area (Å²) in [6, 6.07) is 13.8. The van der Waals surface area contributed by atoms with Crippen LogP contribution >= 0.6 is 11.6 Å². The molecule has 0 radical (unpaired) electrons. The van der Waals surface area contributed by atoms with Gasteiger partial charge in [0.1, 0.15) is 11.6 Å². The molecular weight excluding hydrogens is 396 g/mol. The van der Waals surface area contributed by atoms with E-state index < -0.39 is 0 Å². The third-order valence-corrected chi connectivity index (χ3v) is 5.65. The summed E-state index contributed by atoms with van der Waals surface area (Å²) in [7, 11) is 1.67. The van der Waals surface area contributed by atoms with Crippen molar-refractivity contribution in [3.8, 4) is 17.1 Å². The Labute approximate surface area is 184 Å². The lowest BCUT2D eigenvalue weighted by Crippen LogP contribution is -2.25. The number of ether oxygens (including phenoxy) is 1. The van der Waals surface area contributed by atoms with E-state index in [9.17, 15) is 0 Å². The maximum Gasteiger partial charge on any atom is 0.162 e. The molecule has 1 unspecified atom stereocenters. The molecule has 160 valence electrons. The fourth-order valence-electron chi connectivity index (χ4n) is 3.54. The Morgan fingerprint density at radius 2 is 1.80 bits per heavy atom. The van der Waals surface area contributed by atoms with Crippen molar-refractivity contribution in [2.24, 2.45) is 0 Å². The number of halogens is 1. The molecule has 2 aromatic carbocycles. The molecule has 30 heavy (non-hydrogen) atoms. The van der Waals surface area contributed by atoms with Crippen LogP contribution in [0.25, 0.3) is 22.3 Å². The zero-order valence-electron chi connectivity index (χ0n) is 18.3. The molecule has 6 heteroatoms. The van der Waals surface area contributed by atoms with E-state index in [0.29, 0.717) is 16.9 Å². The summed E-state index contributed by atoms with van der Waals surface area (Å²) in [6.07, 6.45) is 2.23. The number of hydrogen-bond acceptors (Lipinski definition) is 5. The van der Waals surface area contributed by atoms with Crippen LogP contribution in [0.3, 0.4) is 0 Å². The van der Waals surface area contributed by atoms with Crippen LogP contribution in [0.1, 0.15) is 33.6 Å². The Bertz CT molecular complexity index is 957. The summed E-state index contributed by atoms with van der Waals surface area (Å²) in [6.45, 7) is 9.95. The Balaban J connectivity index is 1.87. The average molecular weight is 427 g/mol. The van der Waals surface area contributed by atoms with Gasteiger partial charge in [-0.15, -0.1) is 0 Å². The first-order valence-electron chi connectivity index (χ1n) is 10.6. The first-order chi connectivity index (χ1) is 14.5. The third kappa shape index (κ3) is 5.61. The Morgan fingerprint density at radius 1 is 1.07 bits per heavy atom. The Morgan fingerprint density at radius 3 is 2.47 bits per heavy atom. The van der Waals surface area contributed by atoms with Crippen LogP contribution in [-0.4, -0.2) is 47.7 Å². The second kappa shape index (κ2) is 10.6. The molecule has 5 nitrogen and oxygen atoms in total. The van der Waals surface area contributed by atoms with Gasteiger partial charge in [0.05, 0.1) is 12.6 Å². The van der Waals surface area contributed by atoms with E-state index in [1.54, 1.807) is 7.11 Å². The molecule has 3 rings (SSSR count). The van der Waals surface area contributed by atoms with Crippen molar-refractivity contribution in [2.75, 3.05) is 32.1 Å². The largest absolute Gasteiger partial charge is 0.497 e. The van der Waals surface area contributed by atoms with E-state index in [1.165, 1.54) is 0 Å². The van der Waals surface area contributed by atoms with Crippen molar-refractivity contribution >= 4 is 28.3 Å². The lowest BCUT2D eigenvalue weighted by Gasteiger charge is -2.20. The normalized spacial score (nSPS) is 12.3. The zero-order valence-corrected chi connectivity index (χ0v) is 19.0. The highest BCUT2D eigenvalue weighted by atomic mass is 35.5. The van der Waals surface area contributed by atoms with Gasteiger partial charge in [0, 0.05) is 28.1 Å². The highest BCUT2D eigenvalue weighted by Gasteiger charge is 2.13. The van der Waals surface area contributed by atoms with Crippen molar-refractivity contribution in [2.45, 2.75) is 39.7 Å². The van der Waals surface area contributed by atoms with Crippen molar-refractivity contribution in [1.29, 1.82) is 0 Å². The van der Waals surface area contributed by atoms with Crippen LogP contribution < -0.4 is 10.1 Å². The molecule has 0 saturated carbocycles. The fourth-order valence-corrected chi connectivity index (χ4v) is 3.67. The van der Waals surface area contributed by atoms with Gasteiger partial charge in [0.15, 0.2) is 5.82 Å². The minimum absolute atomic E-state index is 0.304. The SMILES string of the molecule is CCN(CC)CCCC(C)Nc1nc(-c2ccc(Cl)cc2)nc2cc(OC)ccc12. The van der Waals surface area contributed by atoms with Crippen molar-refractivity contribution < 1.29 is 4.74 Å². The van der Waals surface area contributed by atoms with Gasteiger partial charge in [-0.2, -0.15) is 0 Å². The van der Waals surface area contributed by atoms with Crippen molar-refractivity contribution in [3.05, 3.63) is 47.5 Å². The standard InChI is InChI=1S/C24H31ClN4O/c1-5-29(6-2)15-7-8-17(3)26-24-21-14-13-20(30-4)16-22(21)27-23(28-24)18-9-11-19(25)12-10-18/h9-14,16-17H,5-8,15H2,1-4H3,(H,26,27,28). The monoisotopic (exact) mass is 426 g/mol. The summed E-state index contributed by atoms with van der Waals surface area (Å²) < 4.78 is 5.40. The van der Waals surface area contributed by atoms with Gasteiger partial charge in [-0.05, 0) is 75.8 Å². The number of hydrogen-bond donors (Lipinski definition) is 1. The van der Waals surface area contributed by atoms with Crippen LogP contribution in [0.15, 0.2) is 42.5 Å². The number of fused-ring (bicyclic) bond motifs is 1. The summed E-state index contributed by atoms with van der Waals surface area (Å²) in [5, 5.41) is 5.30. The fraction of sp³-hybridized carbons (Fsp3) is 0.417. The molecule has 1 atom stereocenters. The summed E-state index contributed by atoms with van der Waals surface area (Å²) in [5.41, 5.74) is 1.79. The first kappa shape index (κ1) is 22.3. The lowest BCUT2D eigenvalue weighted by molar-refractivity contribution is 0.295. The molecule has 0 aliphatic rings. The van der Waals surface area contributed by atoms with Crippen molar-refractivity contribution in [1.82, 2.24) is 14.9 Å². The smallest absolute Gasteiger partial charge is 0.162 e. The van der Waals surface area contributed by atoms with E-state index in [1.807, 2.05) is 42.5 Å². The minimum Gasteiger partial charge on any atom is -0.497 e. The second-order valence-electron chi connectivity index (χ2n) is 7.50. The van der Waals surface area contributed by atoms with Crippen molar-refractivity contribution in [3.63, 3.8) is 0 Å². The molecule has 3 aromatic rings. The van der Waals surface area contributed by atoms with Crippen LogP contribution in [-0.2, 0) is 0 Å². The maximum absolute atomic E-state index is 6.05. The van der Waals surface area contributed by atoms with Gasteiger partial charge >= 0.3 is 0 Å². The van der Waals surface area contributed by atoms with E-state index in [-0.39, 0.29) is 0 Å². The molecule has 0 bridgehead atoms. The maximum atomic E-state index is 6.05. The highest BCUT2D eigenvalue weighted by Crippen LogP contribution is 2.29. The molecule has 0 aliphatic heterocycles. The Hall–Kier alpha value is -2.37. The van der Waals surface area contributed by atoms with E-state index in [4.69, 9.17) is 26.3 Å². The second-order valence-corrected chi connectivity index (χ2v) is 7.94. The molecule has 1 aromatic heterocycles. The van der Waals surface area contributed by atoms with Gasteiger partial charge in [-0.25, -0.2) is 9.97 Å². The molecule has 0 aliphatic carbocycles. The molecule has 0 saturated heterocycles. The predicted octanol–water partition coefficient (Wildman–Crippen LogP) is 5.88. The van der Waals surface area contributed by atoms with Crippen LogP contribution in [0, 0.1) is 0 Å². The number of methoxy groups -OCH3 is 1. The predicted molar refractivity (Wildman–Crippen MR) is 127 cm³/mol. The van der Waals surface area contributed by atoms with Crippen LogP contribution in [0.2, 0.25) is 5.02 Å². The molecule has 0 spiro atoms. The molecular formula is C24H31ClN4O.